The third-order valence-corrected chi connectivity index (χ3v) is 4.38. The van der Waals surface area contributed by atoms with E-state index in [0.717, 1.165) is 17.0 Å². The molecule has 0 radical (unpaired) electrons. The van der Waals surface area contributed by atoms with Gasteiger partial charge in [-0.2, -0.15) is 5.10 Å². The van der Waals surface area contributed by atoms with Crippen LogP contribution in [0.25, 0.3) is 33.1 Å². The average Bonchev–Trinajstić information content (AvgIpc) is 3.06. The minimum absolute atomic E-state index is 0.0302. The third kappa shape index (κ3) is 2.75. The van der Waals surface area contributed by atoms with Crippen LogP contribution in [-0.4, -0.2) is 37.9 Å². The van der Waals surface area contributed by atoms with Gasteiger partial charge in [-0.3, -0.25) is 4.79 Å². The summed E-state index contributed by atoms with van der Waals surface area (Å²) in [5.41, 5.74) is 1.16. The SMILES string of the molecule is CCN(C(=O)O)c1nc2ccc(-c3n[nH]c(=O)c4cc(F)c(F)cc34)cc2[nH]1. The zero-order chi connectivity index (χ0) is 20.0. The molecule has 4 rings (SSSR count). The number of halogens is 2. The van der Waals surface area contributed by atoms with Gasteiger partial charge in [-0.05, 0) is 31.2 Å². The standard InChI is InChI=1S/C18H13F2N5O3/c1-2-25(18(27)28)17-21-13-4-3-8(5-14(13)22-17)15-9-6-11(19)12(20)7-10(9)16(26)24-23-15/h3-7H,2H2,1H3,(H,21,22)(H,24,26)(H,27,28). The molecule has 0 aliphatic rings. The summed E-state index contributed by atoms with van der Waals surface area (Å²) >= 11 is 0. The molecule has 4 aromatic rings. The summed E-state index contributed by atoms with van der Waals surface area (Å²) in [7, 11) is 0. The van der Waals surface area contributed by atoms with Crippen molar-refractivity contribution in [2.75, 3.05) is 11.4 Å². The fraction of sp³-hybridized carbons (Fsp3) is 0.111. The first-order valence-electron chi connectivity index (χ1n) is 8.27. The van der Waals surface area contributed by atoms with E-state index in [-0.39, 0.29) is 29.0 Å². The summed E-state index contributed by atoms with van der Waals surface area (Å²) in [4.78, 5) is 31.4. The Morgan fingerprint density at radius 3 is 2.57 bits per heavy atom. The molecule has 0 spiro atoms. The van der Waals surface area contributed by atoms with E-state index >= 15 is 0 Å². The van der Waals surface area contributed by atoms with Gasteiger partial charge < -0.3 is 10.1 Å². The molecule has 0 aliphatic heterocycles. The van der Waals surface area contributed by atoms with Crippen LogP contribution in [0.2, 0.25) is 0 Å². The molecule has 2 aromatic carbocycles. The molecule has 0 bridgehead atoms. The zero-order valence-electron chi connectivity index (χ0n) is 14.5. The van der Waals surface area contributed by atoms with Gasteiger partial charge in [0, 0.05) is 17.5 Å². The number of carboxylic acid groups (broad SMARTS) is 1. The number of anilines is 1. The number of amides is 1. The van der Waals surface area contributed by atoms with Crippen molar-refractivity contribution in [3.63, 3.8) is 0 Å². The van der Waals surface area contributed by atoms with Gasteiger partial charge in [-0.25, -0.2) is 28.6 Å². The van der Waals surface area contributed by atoms with Crippen molar-refractivity contribution in [3.05, 3.63) is 52.3 Å². The predicted molar refractivity (Wildman–Crippen MR) is 98.4 cm³/mol. The largest absolute Gasteiger partial charge is 0.465 e. The lowest BCUT2D eigenvalue weighted by Gasteiger charge is -2.12. The number of aromatic amines is 2. The number of hydrogen-bond donors (Lipinski definition) is 3. The predicted octanol–water partition coefficient (Wildman–Crippen LogP) is 3.25. The molecular formula is C18H13F2N5O3. The van der Waals surface area contributed by atoms with Crippen molar-refractivity contribution in [1.82, 2.24) is 20.2 Å². The Morgan fingerprint density at radius 1 is 1.18 bits per heavy atom. The molecule has 3 N–H and O–H groups in total. The molecule has 142 valence electrons. The summed E-state index contributed by atoms with van der Waals surface area (Å²) in [6.07, 6.45) is -1.15. The number of imidazole rings is 1. The minimum atomic E-state index is -1.15. The molecule has 2 heterocycles. The van der Waals surface area contributed by atoms with Gasteiger partial charge in [0.05, 0.1) is 22.1 Å². The van der Waals surface area contributed by atoms with E-state index in [9.17, 15) is 23.5 Å². The Bertz CT molecular complexity index is 1300. The highest BCUT2D eigenvalue weighted by Crippen LogP contribution is 2.29. The average molecular weight is 385 g/mol. The highest BCUT2D eigenvalue weighted by molar-refractivity contribution is 5.96. The topological polar surface area (TPSA) is 115 Å². The van der Waals surface area contributed by atoms with Crippen LogP contribution in [0.3, 0.4) is 0 Å². The Balaban J connectivity index is 1.90. The summed E-state index contributed by atoms with van der Waals surface area (Å²) < 4.78 is 27.3. The van der Waals surface area contributed by atoms with E-state index in [4.69, 9.17) is 0 Å². The fourth-order valence-corrected chi connectivity index (χ4v) is 3.02. The van der Waals surface area contributed by atoms with Crippen molar-refractivity contribution in [2.45, 2.75) is 6.92 Å². The van der Waals surface area contributed by atoms with Gasteiger partial charge in [0.2, 0.25) is 5.95 Å². The minimum Gasteiger partial charge on any atom is -0.465 e. The first-order valence-corrected chi connectivity index (χ1v) is 8.27. The number of H-pyrrole nitrogens is 2. The lowest BCUT2D eigenvalue weighted by molar-refractivity contribution is 0.202. The van der Waals surface area contributed by atoms with Gasteiger partial charge in [0.25, 0.3) is 5.56 Å². The Morgan fingerprint density at radius 2 is 1.89 bits per heavy atom. The molecule has 10 heteroatoms. The summed E-state index contributed by atoms with van der Waals surface area (Å²) in [5.74, 6) is -2.06. The van der Waals surface area contributed by atoms with Crippen LogP contribution in [0.1, 0.15) is 6.92 Å². The molecule has 28 heavy (non-hydrogen) atoms. The van der Waals surface area contributed by atoms with Gasteiger partial charge >= 0.3 is 6.09 Å². The first kappa shape index (κ1) is 17.6. The smallest absolute Gasteiger partial charge is 0.414 e. The highest BCUT2D eigenvalue weighted by Gasteiger charge is 2.18. The van der Waals surface area contributed by atoms with E-state index in [0.29, 0.717) is 16.6 Å². The van der Waals surface area contributed by atoms with Gasteiger partial charge in [0.1, 0.15) is 0 Å². The van der Waals surface area contributed by atoms with E-state index in [1.807, 2.05) is 0 Å². The maximum atomic E-state index is 13.7. The van der Waals surface area contributed by atoms with Crippen LogP contribution in [-0.2, 0) is 0 Å². The van der Waals surface area contributed by atoms with Crippen molar-refractivity contribution >= 4 is 33.8 Å². The number of benzene rings is 2. The molecule has 0 saturated heterocycles. The second-order valence-electron chi connectivity index (χ2n) is 6.03. The second kappa shape index (κ2) is 6.41. The molecule has 0 atom stereocenters. The number of nitrogens with zero attached hydrogens (tertiary/aromatic N) is 3. The molecule has 8 nitrogen and oxygen atoms in total. The fourth-order valence-electron chi connectivity index (χ4n) is 3.02. The van der Waals surface area contributed by atoms with E-state index in [2.05, 4.69) is 20.2 Å². The van der Waals surface area contributed by atoms with Crippen molar-refractivity contribution in [1.29, 1.82) is 0 Å². The van der Waals surface area contributed by atoms with E-state index in [1.165, 1.54) is 0 Å². The lowest BCUT2D eigenvalue weighted by atomic mass is 10.0. The van der Waals surface area contributed by atoms with Crippen molar-refractivity contribution < 1.29 is 18.7 Å². The number of fused-ring (bicyclic) bond motifs is 2. The number of rotatable bonds is 3. The summed E-state index contributed by atoms with van der Waals surface area (Å²) in [6, 6.07) is 6.68. The van der Waals surface area contributed by atoms with E-state index in [1.54, 1.807) is 25.1 Å². The molecular weight excluding hydrogens is 372 g/mol. The van der Waals surface area contributed by atoms with Crippen molar-refractivity contribution in [3.8, 4) is 11.3 Å². The molecule has 2 aromatic heterocycles. The Kier molecular flexibility index (Phi) is 4.03. The summed E-state index contributed by atoms with van der Waals surface area (Å²) in [6.45, 7) is 1.88. The molecule has 0 aliphatic carbocycles. The number of aromatic nitrogens is 4. The van der Waals surface area contributed by atoms with Crippen LogP contribution < -0.4 is 10.5 Å². The monoisotopic (exact) mass is 385 g/mol. The number of hydrogen-bond acceptors (Lipinski definition) is 4. The summed E-state index contributed by atoms with van der Waals surface area (Å²) in [5, 5.41) is 15.6. The van der Waals surface area contributed by atoms with E-state index < -0.39 is 23.3 Å². The third-order valence-electron chi connectivity index (χ3n) is 4.38. The molecule has 1 amide bonds. The van der Waals surface area contributed by atoms with Crippen LogP contribution in [0.4, 0.5) is 19.5 Å². The molecule has 0 fully saturated rings. The number of nitrogens with one attached hydrogen (secondary N) is 2. The van der Waals surface area contributed by atoms with Crippen LogP contribution in [0, 0.1) is 11.6 Å². The maximum Gasteiger partial charge on any atom is 0.414 e. The van der Waals surface area contributed by atoms with Crippen LogP contribution >= 0.6 is 0 Å². The lowest BCUT2D eigenvalue weighted by Crippen LogP contribution is -2.29. The van der Waals surface area contributed by atoms with Crippen LogP contribution in [0.15, 0.2) is 35.1 Å². The Labute approximate surface area is 155 Å². The number of carbonyl (C=O) groups is 1. The highest BCUT2D eigenvalue weighted by atomic mass is 19.2. The molecule has 0 saturated carbocycles. The van der Waals surface area contributed by atoms with Crippen molar-refractivity contribution in [2.24, 2.45) is 0 Å². The molecule has 0 unspecified atom stereocenters. The first-order chi connectivity index (χ1) is 13.4. The second-order valence-corrected chi connectivity index (χ2v) is 6.03. The van der Waals surface area contributed by atoms with Gasteiger partial charge in [-0.1, -0.05) is 6.07 Å². The van der Waals surface area contributed by atoms with Gasteiger partial charge in [-0.15, -0.1) is 0 Å². The normalized spacial score (nSPS) is 11.2. The quantitative estimate of drug-likeness (QED) is 0.501. The van der Waals surface area contributed by atoms with Gasteiger partial charge in [0.15, 0.2) is 11.6 Å². The maximum absolute atomic E-state index is 13.7. The van der Waals surface area contributed by atoms with Crippen LogP contribution in [0.5, 0.6) is 0 Å². The zero-order valence-corrected chi connectivity index (χ0v) is 14.5. The Hall–Kier alpha value is -3.82.